The minimum Gasteiger partial charge on any atom is -0.255 e. The second-order valence-electron chi connectivity index (χ2n) is 3.12. The van der Waals surface area contributed by atoms with Gasteiger partial charge in [0.15, 0.2) is 0 Å². The van der Waals surface area contributed by atoms with Crippen molar-refractivity contribution in [2.45, 2.75) is 0 Å². The zero-order valence-corrected chi connectivity index (χ0v) is 11.6. The van der Waals surface area contributed by atoms with Crippen LogP contribution in [-0.4, -0.2) is 9.97 Å². The maximum atomic E-state index is 8.56. The van der Waals surface area contributed by atoms with Gasteiger partial charge in [0.25, 0.3) is 0 Å². The molecule has 2 rings (SSSR count). The molecule has 9 heteroatoms. The molecule has 0 bridgehead atoms. The predicted molar refractivity (Wildman–Crippen MR) is 65.1 cm³/mol. The van der Waals surface area contributed by atoms with Gasteiger partial charge in [-0.1, -0.05) is 16.3 Å². The van der Waals surface area contributed by atoms with Crippen molar-refractivity contribution in [3.8, 4) is 11.4 Å². The summed E-state index contributed by atoms with van der Waals surface area (Å²) in [5, 5.41) is 6.97. The molecule has 0 aromatic carbocycles. The fourth-order valence-corrected chi connectivity index (χ4v) is 1.41. The van der Waals surface area contributed by atoms with Crippen molar-refractivity contribution in [1.29, 1.82) is 0 Å². The maximum Gasteiger partial charge on any atom is 0.0986 e. The Balaban J connectivity index is 0.00000180. The second kappa shape index (κ2) is 7.13. The number of rotatable bonds is 3. The van der Waals surface area contributed by atoms with Crippen LogP contribution in [0.5, 0.6) is 0 Å². The van der Waals surface area contributed by atoms with E-state index < -0.39 is 0 Å². The SMILES string of the molecule is [N-]=[N+]=Nc1ccnc(-c2ccccn2)c1N=[N+]=[N-].[Pt]. The standard InChI is InChI=1S/C10H6N8.Pt/c11-17-15-8-4-6-14-9(10(8)16-18-12)7-3-1-2-5-13-7;/h1-6H;. The number of nitrogens with zero attached hydrogens (tertiary/aromatic N) is 8. The van der Waals surface area contributed by atoms with Gasteiger partial charge >= 0.3 is 0 Å². The summed E-state index contributed by atoms with van der Waals surface area (Å²) >= 11 is 0. The second-order valence-corrected chi connectivity index (χ2v) is 3.12. The van der Waals surface area contributed by atoms with Gasteiger partial charge in [0.2, 0.25) is 0 Å². The fraction of sp³-hybridized carbons (Fsp3) is 0. The molecule has 2 aromatic rings. The van der Waals surface area contributed by atoms with Crippen LogP contribution in [0.2, 0.25) is 0 Å². The maximum absolute atomic E-state index is 8.56. The number of pyridine rings is 2. The normalized spacial score (nSPS) is 8.63. The van der Waals surface area contributed by atoms with Crippen molar-refractivity contribution in [2.75, 3.05) is 0 Å². The average Bonchev–Trinajstić information content (AvgIpc) is 2.42. The fourth-order valence-electron chi connectivity index (χ4n) is 1.41. The molecule has 0 N–H and O–H groups in total. The molecule has 96 valence electrons. The van der Waals surface area contributed by atoms with Crippen LogP contribution in [0.4, 0.5) is 11.4 Å². The van der Waals surface area contributed by atoms with Gasteiger partial charge in [-0.3, -0.25) is 9.97 Å². The first-order valence-electron chi connectivity index (χ1n) is 4.87. The molecule has 0 aliphatic heterocycles. The number of hydrogen-bond donors (Lipinski definition) is 0. The first-order valence-corrected chi connectivity index (χ1v) is 4.87. The van der Waals surface area contributed by atoms with Crippen LogP contribution >= 0.6 is 0 Å². The Morgan fingerprint density at radius 2 is 1.74 bits per heavy atom. The van der Waals surface area contributed by atoms with Crippen LogP contribution in [0.3, 0.4) is 0 Å². The van der Waals surface area contributed by atoms with Crippen LogP contribution in [0.15, 0.2) is 46.9 Å². The van der Waals surface area contributed by atoms with E-state index in [9.17, 15) is 0 Å². The molecule has 0 fully saturated rings. The minimum atomic E-state index is 0. The molecule has 2 heterocycles. The van der Waals surface area contributed by atoms with Crippen molar-refractivity contribution in [2.24, 2.45) is 10.2 Å². The van der Waals surface area contributed by atoms with Crippen molar-refractivity contribution in [1.82, 2.24) is 9.97 Å². The minimum absolute atomic E-state index is 0. The molecule has 0 atom stereocenters. The molecule has 0 spiro atoms. The third-order valence-corrected chi connectivity index (χ3v) is 2.11. The summed E-state index contributed by atoms with van der Waals surface area (Å²) in [5.41, 5.74) is 18.3. The van der Waals surface area contributed by atoms with Gasteiger partial charge in [0, 0.05) is 43.3 Å². The van der Waals surface area contributed by atoms with Crippen LogP contribution in [0, 0.1) is 0 Å². The third-order valence-electron chi connectivity index (χ3n) is 2.11. The molecule has 0 saturated carbocycles. The molecular weight excluding hydrogens is 427 g/mol. The molecule has 0 amide bonds. The molecule has 2 aromatic heterocycles. The molecule has 0 unspecified atom stereocenters. The quantitative estimate of drug-likeness (QED) is 0.412. The monoisotopic (exact) mass is 433 g/mol. The number of hydrogen-bond acceptors (Lipinski definition) is 4. The van der Waals surface area contributed by atoms with E-state index in [1.54, 1.807) is 24.4 Å². The van der Waals surface area contributed by atoms with Gasteiger partial charge in [-0.25, -0.2) is 0 Å². The van der Waals surface area contributed by atoms with Gasteiger partial charge in [-0.15, -0.1) is 0 Å². The van der Waals surface area contributed by atoms with E-state index in [0.29, 0.717) is 11.4 Å². The van der Waals surface area contributed by atoms with E-state index in [1.807, 2.05) is 0 Å². The van der Waals surface area contributed by atoms with Crippen LogP contribution < -0.4 is 0 Å². The van der Waals surface area contributed by atoms with Gasteiger partial charge in [0.05, 0.1) is 22.8 Å². The van der Waals surface area contributed by atoms with Crippen molar-refractivity contribution in [3.05, 3.63) is 57.5 Å². The Morgan fingerprint density at radius 3 is 2.37 bits per heavy atom. The van der Waals surface area contributed by atoms with Gasteiger partial charge in [-0.05, 0) is 29.3 Å². The van der Waals surface area contributed by atoms with Crippen LogP contribution in [-0.2, 0) is 21.1 Å². The van der Waals surface area contributed by atoms with E-state index in [1.165, 1.54) is 12.3 Å². The zero-order valence-electron chi connectivity index (χ0n) is 9.36. The van der Waals surface area contributed by atoms with Gasteiger partial charge in [-0.2, -0.15) is 0 Å². The Morgan fingerprint density at radius 1 is 0.947 bits per heavy atom. The summed E-state index contributed by atoms with van der Waals surface area (Å²) < 4.78 is 0. The van der Waals surface area contributed by atoms with E-state index in [2.05, 4.69) is 30.0 Å². The van der Waals surface area contributed by atoms with E-state index in [-0.39, 0.29) is 32.4 Å². The van der Waals surface area contributed by atoms with Crippen LogP contribution in [0.25, 0.3) is 32.3 Å². The summed E-state index contributed by atoms with van der Waals surface area (Å²) in [6.07, 6.45) is 3.06. The first-order chi connectivity index (χ1) is 8.86. The zero-order chi connectivity index (χ0) is 12.8. The largest absolute Gasteiger partial charge is 0.255 e. The summed E-state index contributed by atoms with van der Waals surface area (Å²) in [5.74, 6) is 0. The summed E-state index contributed by atoms with van der Waals surface area (Å²) in [7, 11) is 0. The molecule has 8 nitrogen and oxygen atoms in total. The first kappa shape index (κ1) is 14.7. The third kappa shape index (κ3) is 3.30. The number of azide groups is 2. The molecule has 0 aliphatic rings. The van der Waals surface area contributed by atoms with Crippen molar-refractivity contribution in [3.63, 3.8) is 0 Å². The molecular formula is C10H6N8Pt. The van der Waals surface area contributed by atoms with E-state index in [4.69, 9.17) is 11.1 Å². The van der Waals surface area contributed by atoms with Crippen molar-refractivity contribution < 1.29 is 21.1 Å². The smallest absolute Gasteiger partial charge is 0.0986 e. The van der Waals surface area contributed by atoms with Gasteiger partial charge < -0.3 is 0 Å². The van der Waals surface area contributed by atoms with E-state index in [0.717, 1.165) is 0 Å². The average molecular weight is 433 g/mol. The topological polar surface area (TPSA) is 123 Å². The summed E-state index contributed by atoms with van der Waals surface area (Å²) in [4.78, 5) is 13.6. The Labute approximate surface area is 122 Å². The molecule has 0 saturated heterocycles. The Hall–Kier alpha value is -2.39. The van der Waals surface area contributed by atoms with Crippen LogP contribution in [0.1, 0.15) is 0 Å². The Kier molecular flexibility index (Phi) is 5.51. The summed E-state index contributed by atoms with van der Waals surface area (Å²) in [6, 6.07) is 6.73. The Bertz CT molecular complexity index is 658. The van der Waals surface area contributed by atoms with Gasteiger partial charge in [0.1, 0.15) is 0 Å². The van der Waals surface area contributed by atoms with Crippen molar-refractivity contribution >= 4 is 11.4 Å². The predicted octanol–water partition coefficient (Wildman–Crippen LogP) is 4.02. The summed E-state index contributed by atoms with van der Waals surface area (Å²) in [6.45, 7) is 0. The molecule has 0 radical (unpaired) electrons. The van der Waals surface area contributed by atoms with E-state index >= 15 is 0 Å². The number of aromatic nitrogens is 2. The molecule has 0 aliphatic carbocycles. The molecule has 19 heavy (non-hydrogen) atoms.